The van der Waals surface area contributed by atoms with Crippen molar-refractivity contribution in [2.24, 2.45) is 0 Å². The van der Waals surface area contributed by atoms with Gasteiger partial charge in [0.1, 0.15) is 0 Å². The molecule has 0 bridgehead atoms. The molecule has 1 unspecified atom stereocenters. The fraction of sp³-hybridized carbons (Fsp3) is 0.125. The number of carbonyl (C=O) groups excluding carboxylic acids is 1. The lowest BCUT2D eigenvalue weighted by atomic mass is 10.1. The maximum atomic E-state index is 12.9. The van der Waals surface area contributed by atoms with Gasteiger partial charge in [-0.1, -0.05) is 66.4 Å². The molecule has 0 saturated carbocycles. The van der Waals surface area contributed by atoms with Gasteiger partial charge in [0.05, 0.1) is 16.2 Å². The van der Waals surface area contributed by atoms with E-state index in [1.54, 1.807) is 22.8 Å². The van der Waals surface area contributed by atoms with Crippen LogP contribution in [0.5, 0.6) is 0 Å². The predicted molar refractivity (Wildman–Crippen MR) is 124 cm³/mol. The largest absolute Gasteiger partial charge is 0.325 e. The number of nitrogens with zero attached hydrogens (tertiary/aromatic N) is 2. The standard InChI is InChI=1S/C24H21N3O2S/c1-3-15-27-23(29)19-12-6-7-13-21(19)26-24(27)30-16(2)22(28)25-20-14-8-10-17-9-4-5-11-18(17)20/h3-14,16H,1,15H2,2H3,(H,25,28). The lowest BCUT2D eigenvalue weighted by Gasteiger charge is -2.16. The van der Waals surface area contributed by atoms with Crippen molar-refractivity contribution in [3.63, 3.8) is 0 Å². The van der Waals surface area contributed by atoms with E-state index in [-0.39, 0.29) is 11.5 Å². The maximum Gasteiger partial charge on any atom is 0.262 e. The molecule has 0 fully saturated rings. The van der Waals surface area contributed by atoms with Crippen molar-refractivity contribution in [2.45, 2.75) is 23.9 Å². The fourth-order valence-electron chi connectivity index (χ4n) is 3.31. The molecular formula is C24H21N3O2S. The first-order chi connectivity index (χ1) is 14.6. The highest BCUT2D eigenvalue weighted by Crippen LogP contribution is 2.26. The molecule has 5 nitrogen and oxygen atoms in total. The molecule has 0 saturated heterocycles. The Morgan fingerprint density at radius 3 is 2.60 bits per heavy atom. The van der Waals surface area contributed by atoms with E-state index in [4.69, 9.17) is 0 Å². The Kier molecular flexibility index (Phi) is 5.68. The Morgan fingerprint density at radius 1 is 1.10 bits per heavy atom. The zero-order valence-corrected chi connectivity index (χ0v) is 17.4. The average Bonchev–Trinajstić information content (AvgIpc) is 2.76. The molecule has 4 rings (SSSR count). The summed E-state index contributed by atoms with van der Waals surface area (Å²) in [5.41, 5.74) is 1.25. The summed E-state index contributed by atoms with van der Waals surface area (Å²) in [6.07, 6.45) is 1.66. The summed E-state index contributed by atoms with van der Waals surface area (Å²) in [7, 11) is 0. The zero-order valence-electron chi connectivity index (χ0n) is 16.5. The average molecular weight is 416 g/mol. The normalized spacial score (nSPS) is 12.0. The van der Waals surface area contributed by atoms with Gasteiger partial charge in [-0.2, -0.15) is 0 Å². The van der Waals surface area contributed by atoms with E-state index >= 15 is 0 Å². The number of nitrogens with one attached hydrogen (secondary N) is 1. The van der Waals surface area contributed by atoms with E-state index < -0.39 is 5.25 Å². The van der Waals surface area contributed by atoms with Crippen LogP contribution in [0, 0.1) is 0 Å². The first-order valence-corrected chi connectivity index (χ1v) is 10.5. The van der Waals surface area contributed by atoms with Crippen LogP contribution >= 0.6 is 11.8 Å². The van der Waals surface area contributed by atoms with Crippen LogP contribution in [0.1, 0.15) is 6.92 Å². The molecule has 0 aliphatic rings. The monoisotopic (exact) mass is 415 g/mol. The van der Waals surface area contributed by atoms with Gasteiger partial charge in [0.2, 0.25) is 5.91 Å². The number of carbonyl (C=O) groups is 1. The predicted octanol–water partition coefficient (Wildman–Crippen LogP) is 4.86. The van der Waals surface area contributed by atoms with Gasteiger partial charge in [0, 0.05) is 17.6 Å². The number of fused-ring (bicyclic) bond motifs is 2. The number of thioether (sulfide) groups is 1. The van der Waals surface area contributed by atoms with Crippen LogP contribution in [0.4, 0.5) is 5.69 Å². The second kappa shape index (κ2) is 8.55. The third-order valence-electron chi connectivity index (χ3n) is 4.84. The van der Waals surface area contributed by atoms with Gasteiger partial charge < -0.3 is 5.32 Å². The van der Waals surface area contributed by atoms with Crippen LogP contribution in [0.25, 0.3) is 21.7 Å². The summed E-state index contributed by atoms with van der Waals surface area (Å²) in [6.45, 7) is 5.88. The number of anilines is 1. The summed E-state index contributed by atoms with van der Waals surface area (Å²) in [4.78, 5) is 30.4. The molecule has 30 heavy (non-hydrogen) atoms. The number of hydrogen-bond donors (Lipinski definition) is 1. The SMILES string of the molecule is C=CCn1c(SC(C)C(=O)Nc2cccc3ccccc23)nc2ccccc2c1=O. The smallest absolute Gasteiger partial charge is 0.262 e. The molecule has 1 atom stereocenters. The highest BCUT2D eigenvalue weighted by atomic mass is 32.2. The molecule has 1 amide bonds. The van der Waals surface area contributed by atoms with Gasteiger partial charge in [0.25, 0.3) is 5.56 Å². The van der Waals surface area contributed by atoms with Crippen molar-refractivity contribution in [3.05, 3.63) is 89.7 Å². The molecular weight excluding hydrogens is 394 g/mol. The molecule has 0 aliphatic carbocycles. The van der Waals surface area contributed by atoms with Crippen LogP contribution < -0.4 is 10.9 Å². The summed E-state index contributed by atoms with van der Waals surface area (Å²) in [5, 5.41) is 5.66. The van der Waals surface area contributed by atoms with E-state index in [2.05, 4.69) is 16.9 Å². The Hall–Kier alpha value is -3.38. The number of benzene rings is 3. The van der Waals surface area contributed by atoms with E-state index in [9.17, 15) is 9.59 Å². The van der Waals surface area contributed by atoms with Crippen LogP contribution in [-0.2, 0) is 11.3 Å². The second-order valence-electron chi connectivity index (χ2n) is 6.89. The molecule has 6 heteroatoms. The van der Waals surface area contributed by atoms with Crippen LogP contribution in [0.2, 0.25) is 0 Å². The fourth-order valence-corrected chi connectivity index (χ4v) is 4.23. The zero-order chi connectivity index (χ0) is 21.1. The first-order valence-electron chi connectivity index (χ1n) is 9.64. The van der Waals surface area contributed by atoms with Crippen molar-refractivity contribution in [2.75, 3.05) is 5.32 Å². The minimum atomic E-state index is -0.451. The summed E-state index contributed by atoms with van der Waals surface area (Å²) in [6, 6.07) is 21.0. The molecule has 1 N–H and O–H groups in total. The van der Waals surface area contributed by atoms with Crippen molar-refractivity contribution >= 4 is 45.0 Å². The lowest BCUT2D eigenvalue weighted by molar-refractivity contribution is -0.115. The molecule has 150 valence electrons. The number of rotatable bonds is 6. The van der Waals surface area contributed by atoms with E-state index in [0.717, 1.165) is 16.5 Å². The Labute approximate surface area is 178 Å². The van der Waals surface area contributed by atoms with Gasteiger partial charge in [-0.15, -0.1) is 6.58 Å². The lowest BCUT2D eigenvalue weighted by Crippen LogP contribution is -2.26. The number of para-hydroxylation sites is 1. The van der Waals surface area contributed by atoms with Crippen molar-refractivity contribution in [1.82, 2.24) is 9.55 Å². The topological polar surface area (TPSA) is 64.0 Å². The van der Waals surface area contributed by atoms with Gasteiger partial charge in [-0.25, -0.2) is 4.98 Å². The van der Waals surface area contributed by atoms with Crippen molar-refractivity contribution in [3.8, 4) is 0 Å². The summed E-state index contributed by atoms with van der Waals surface area (Å²) < 4.78 is 1.56. The molecule has 3 aromatic carbocycles. The Bertz CT molecular complexity index is 1310. The highest BCUT2D eigenvalue weighted by molar-refractivity contribution is 8.00. The summed E-state index contributed by atoms with van der Waals surface area (Å²) >= 11 is 1.26. The van der Waals surface area contributed by atoms with Gasteiger partial charge >= 0.3 is 0 Å². The molecule has 1 heterocycles. The Balaban J connectivity index is 1.63. The number of hydrogen-bond acceptors (Lipinski definition) is 4. The Morgan fingerprint density at radius 2 is 1.80 bits per heavy atom. The van der Waals surface area contributed by atoms with Crippen LogP contribution in [0.3, 0.4) is 0 Å². The van der Waals surface area contributed by atoms with Crippen molar-refractivity contribution in [1.29, 1.82) is 0 Å². The van der Waals surface area contributed by atoms with Gasteiger partial charge in [0.15, 0.2) is 5.16 Å². The van der Waals surface area contributed by atoms with E-state index in [1.165, 1.54) is 11.8 Å². The number of amides is 1. The second-order valence-corrected chi connectivity index (χ2v) is 8.20. The molecule has 0 radical (unpaired) electrons. The van der Waals surface area contributed by atoms with Crippen LogP contribution in [-0.4, -0.2) is 20.7 Å². The highest BCUT2D eigenvalue weighted by Gasteiger charge is 2.19. The molecule has 1 aromatic heterocycles. The number of allylic oxidation sites excluding steroid dienone is 1. The molecule has 0 spiro atoms. The first kappa shape index (κ1) is 19.9. The van der Waals surface area contributed by atoms with Crippen molar-refractivity contribution < 1.29 is 4.79 Å². The van der Waals surface area contributed by atoms with Gasteiger partial charge in [-0.05, 0) is 30.5 Å². The number of aromatic nitrogens is 2. The quantitative estimate of drug-likeness (QED) is 0.278. The molecule has 4 aromatic rings. The minimum Gasteiger partial charge on any atom is -0.325 e. The maximum absolute atomic E-state index is 12.9. The molecule has 0 aliphatic heterocycles. The third kappa shape index (κ3) is 3.86. The van der Waals surface area contributed by atoms with E-state index in [0.29, 0.717) is 22.6 Å². The van der Waals surface area contributed by atoms with E-state index in [1.807, 2.05) is 61.5 Å². The van der Waals surface area contributed by atoms with Gasteiger partial charge in [-0.3, -0.25) is 14.2 Å². The minimum absolute atomic E-state index is 0.135. The summed E-state index contributed by atoms with van der Waals surface area (Å²) in [5.74, 6) is -0.149. The third-order valence-corrected chi connectivity index (χ3v) is 5.93. The van der Waals surface area contributed by atoms with Crippen LogP contribution in [0.15, 0.2) is 89.3 Å².